The van der Waals surface area contributed by atoms with Crippen molar-refractivity contribution in [3.05, 3.63) is 87.1 Å². The van der Waals surface area contributed by atoms with E-state index >= 15 is 0 Å². The molecule has 0 fully saturated rings. The van der Waals surface area contributed by atoms with Gasteiger partial charge in [0.25, 0.3) is 5.56 Å². The lowest BCUT2D eigenvalue weighted by atomic mass is 9.69. The molecule has 3 aromatic rings. The summed E-state index contributed by atoms with van der Waals surface area (Å²) in [4.78, 5) is 38.5. The van der Waals surface area contributed by atoms with Gasteiger partial charge in [-0.1, -0.05) is 37.7 Å². The fourth-order valence-electron chi connectivity index (χ4n) is 4.75. The lowest BCUT2D eigenvalue weighted by Gasteiger charge is -2.38. The maximum absolute atomic E-state index is 13.4. The molecule has 3 heterocycles. The second-order valence-electron chi connectivity index (χ2n) is 9.45. The molecule has 0 amide bonds. The Morgan fingerprint density at radius 2 is 1.94 bits per heavy atom. The average Bonchev–Trinajstić information content (AvgIpc) is 2.81. The summed E-state index contributed by atoms with van der Waals surface area (Å²) in [5.74, 6) is 1.41. The van der Waals surface area contributed by atoms with Crippen LogP contribution in [0.3, 0.4) is 0 Å². The van der Waals surface area contributed by atoms with Crippen LogP contribution < -0.4 is 15.6 Å². The van der Waals surface area contributed by atoms with E-state index in [1.165, 1.54) is 11.8 Å². The van der Waals surface area contributed by atoms with Gasteiger partial charge >= 0.3 is 0 Å². The largest absolute Gasteiger partial charge is 0.497 e. The van der Waals surface area contributed by atoms with Gasteiger partial charge in [0.2, 0.25) is 0 Å². The van der Waals surface area contributed by atoms with Crippen molar-refractivity contribution in [3.63, 3.8) is 0 Å². The topological polar surface area (TPSA) is 97.0 Å². The van der Waals surface area contributed by atoms with Gasteiger partial charge in [0.1, 0.15) is 11.6 Å². The molecule has 0 saturated heterocycles. The number of methoxy groups -OCH3 is 1. The first-order valence-electron chi connectivity index (χ1n) is 11.2. The third-order valence-electron chi connectivity index (χ3n) is 6.25. The zero-order valence-corrected chi connectivity index (χ0v) is 20.2. The van der Waals surface area contributed by atoms with Crippen LogP contribution in [-0.2, 0) is 10.5 Å². The van der Waals surface area contributed by atoms with Gasteiger partial charge in [0.15, 0.2) is 10.9 Å². The van der Waals surface area contributed by atoms with Crippen molar-refractivity contribution in [3.8, 4) is 5.75 Å². The number of aromatic nitrogens is 3. The molecule has 1 aliphatic carbocycles. The van der Waals surface area contributed by atoms with Gasteiger partial charge in [-0.25, -0.2) is 4.98 Å². The number of pyridine rings is 1. The van der Waals surface area contributed by atoms with Crippen molar-refractivity contribution in [2.75, 3.05) is 12.4 Å². The molecule has 1 atom stereocenters. The van der Waals surface area contributed by atoms with Crippen LogP contribution in [0.4, 0.5) is 5.82 Å². The molecular formula is C26H26N4O3S. The minimum atomic E-state index is -0.500. The molecule has 0 radical (unpaired) electrons. The summed E-state index contributed by atoms with van der Waals surface area (Å²) in [6, 6.07) is 11.4. The molecule has 2 N–H and O–H groups in total. The number of nitrogens with zero attached hydrogens (tertiary/aromatic N) is 2. The predicted molar refractivity (Wildman–Crippen MR) is 132 cm³/mol. The monoisotopic (exact) mass is 474 g/mol. The number of hydrogen-bond acceptors (Lipinski definition) is 7. The van der Waals surface area contributed by atoms with Crippen LogP contribution in [0, 0.1) is 5.41 Å². The number of nitrogens with one attached hydrogen (secondary N) is 2. The minimum Gasteiger partial charge on any atom is -0.497 e. The number of thioether (sulfide) groups is 1. The number of aromatic amines is 1. The van der Waals surface area contributed by atoms with E-state index in [0.29, 0.717) is 46.5 Å². The van der Waals surface area contributed by atoms with Crippen molar-refractivity contribution in [2.45, 2.75) is 43.5 Å². The molecule has 8 heteroatoms. The molecule has 0 bridgehead atoms. The number of fused-ring (bicyclic) bond motifs is 1. The summed E-state index contributed by atoms with van der Waals surface area (Å²) in [5, 5.41) is 3.90. The molecule has 7 nitrogen and oxygen atoms in total. The van der Waals surface area contributed by atoms with Crippen LogP contribution in [0.1, 0.15) is 49.3 Å². The van der Waals surface area contributed by atoms with Crippen LogP contribution >= 0.6 is 11.8 Å². The summed E-state index contributed by atoms with van der Waals surface area (Å²) in [6.45, 7) is 4.18. The van der Waals surface area contributed by atoms with E-state index in [2.05, 4.69) is 29.1 Å². The number of carbonyl (C=O) groups is 1. The zero-order chi connectivity index (χ0) is 23.9. The number of H-pyrrole nitrogens is 1. The number of benzene rings is 1. The van der Waals surface area contributed by atoms with Gasteiger partial charge in [-0.05, 0) is 47.2 Å². The first-order chi connectivity index (χ1) is 16.3. The fraction of sp³-hybridized carbons (Fsp3) is 0.308. The first-order valence-corrected chi connectivity index (χ1v) is 12.2. The zero-order valence-electron chi connectivity index (χ0n) is 19.3. The molecule has 34 heavy (non-hydrogen) atoms. The van der Waals surface area contributed by atoms with Gasteiger partial charge in [0, 0.05) is 41.8 Å². The Morgan fingerprint density at radius 1 is 1.15 bits per heavy atom. The molecule has 1 unspecified atom stereocenters. The second kappa shape index (κ2) is 8.76. The fourth-order valence-corrected chi connectivity index (χ4v) is 5.56. The Bertz CT molecular complexity index is 1350. The molecule has 1 aromatic carbocycles. The van der Waals surface area contributed by atoms with Crippen LogP contribution in [0.5, 0.6) is 5.75 Å². The number of carbonyl (C=O) groups excluding carboxylic acids is 1. The SMILES string of the molecule is COc1cccc(C2C3=C(CC(C)(C)CC3=O)Nc3nc(SCc4ccncc4)[nH]c(=O)c32)c1. The Balaban J connectivity index is 1.60. The lowest BCUT2D eigenvalue weighted by Crippen LogP contribution is -2.37. The molecule has 0 spiro atoms. The van der Waals surface area contributed by atoms with Gasteiger partial charge in [-0.15, -0.1) is 0 Å². The lowest BCUT2D eigenvalue weighted by molar-refractivity contribution is -0.118. The maximum atomic E-state index is 13.4. The number of allylic oxidation sites excluding steroid dienone is 2. The summed E-state index contributed by atoms with van der Waals surface area (Å²) < 4.78 is 5.43. The first kappa shape index (κ1) is 22.4. The Hall–Kier alpha value is -3.39. The maximum Gasteiger partial charge on any atom is 0.257 e. The van der Waals surface area contributed by atoms with Gasteiger partial charge in [-0.3, -0.25) is 14.6 Å². The van der Waals surface area contributed by atoms with Crippen molar-refractivity contribution in [1.82, 2.24) is 15.0 Å². The highest BCUT2D eigenvalue weighted by Gasteiger charge is 2.42. The average molecular weight is 475 g/mol. The second-order valence-corrected chi connectivity index (χ2v) is 10.4. The van der Waals surface area contributed by atoms with Crippen LogP contribution in [0.15, 0.2) is 70.0 Å². The number of ether oxygens (including phenoxy) is 1. The highest BCUT2D eigenvalue weighted by Crippen LogP contribution is 2.48. The van der Waals surface area contributed by atoms with Crippen LogP contribution in [0.2, 0.25) is 0 Å². The number of ketones is 1. The number of anilines is 1. The van der Waals surface area contributed by atoms with Gasteiger partial charge < -0.3 is 15.0 Å². The number of rotatable bonds is 5. The summed E-state index contributed by atoms with van der Waals surface area (Å²) in [6.07, 6.45) is 4.64. The van der Waals surface area contributed by atoms with E-state index in [0.717, 1.165) is 16.8 Å². The van der Waals surface area contributed by atoms with Crippen LogP contribution in [-0.4, -0.2) is 27.8 Å². The van der Waals surface area contributed by atoms with E-state index in [-0.39, 0.29) is 16.8 Å². The Labute approximate surface area is 202 Å². The van der Waals surface area contributed by atoms with E-state index in [9.17, 15) is 9.59 Å². The predicted octanol–water partition coefficient (Wildman–Crippen LogP) is 4.67. The minimum absolute atomic E-state index is 0.0627. The molecule has 5 rings (SSSR count). The molecule has 1 aliphatic heterocycles. The summed E-state index contributed by atoms with van der Waals surface area (Å²) in [7, 11) is 1.61. The Morgan fingerprint density at radius 3 is 2.71 bits per heavy atom. The standard InChI is InChI=1S/C26H26N4O3S/c1-26(2)12-18-21(19(31)13-26)20(16-5-4-6-17(11-16)33-3)22-23(28-18)29-25(30-24(22)32)34-14-15-7-9-27-10-8-15/h4-11,20H,12-14H2,1-3H3,(H2,28,29,30,32). The van der Waals surface area contributed by atoms with E-state index < -0.39 is 5.92 Å². The highest BCUT2D eigenvalue weighted by molar-refractivity contribution is 7.98. The smallest absolute Gasteiger partial charge is 0.257 e. The summed E-state index contributed by atoms with van der Waals surface area (Å²) >= 11 is 1.46. The molecule has 2 aliphatic rings. The van der Waals surface area contributed by atoms with E-state index in [1.807, 2.05) is 36.4 Å². The Kier molecular flexibility index (Phi) is 5.77. The normalized spacial score (nSPS) is 18.7. The van der Waals surface area contributed by atoms with Crippen molar-refractivity contribution in [2.24, 2.45) is 5.41 Å². The van der Waals surface area contributed by atoms with Crippen molar-refractivity contribution in [1.29, 1.82) is 0 Å². The van der Waals surface area contributed by atoms with Crippen molar-refractivity contribution >= 4 is 23.4 Å². The van der Waals surface area contributed by atoms with E-state index in [1.54, 1.807) is 19.5 Å². The third kappa shape index (κ3) is 4.25. The van der Waals surface area contributed by atoms with Crippen LogP contribution in [0.25, 0.3) is 0 Å². The van der Waals surface area contributed by atoms with Crippen molar-refractivity contribution < 1.29 is 9.53 Å². The number of Topliss-reactive ketones (excluding diaryl/α,β-unsaturated/α-hetero) is 1. The molecule has 0 saturated carbocycles. The van der Waals surface area contributed by atoms with E-state index in [4.69, 9.17) is 9.72 Å². The quantitative estimate of drug-likeness (QED) is 0.410. The third-order valence-corrected chi connectivity index (χ3v) is 7.20. The van der Waals surface area contributed by atoms with Gasteiger partial charge in [-0.2, -0.15) is 0 Å². The highest BCUT2D eigenvalue weighted by atomic mass is 32.2. The molecule has 174 valence electrons. The molecular weight excluding hydrogens is 448 g/mol. The summed E-state index contributed by atoms with van der Waals surface area (Å²) in [5.41, 5.74) is 3.49. The van der Waals surface area contributed by atoms with Gasteiger partial charge in [0.05, 0.1) is 12.7 Å². The molecule has 2 aromatic heterocycles. The number of hydrogen-bond donors (Lipinski definition) is 2.